The highest BCUT2D eigenvalue weighted by atomic mass is 19.1. The Balaban J connectivity index is 1.74. The average molecular weight is 407 g/mol. The molecule has 0 aliphatic carbocycles. The predicted octanol–water partition coefficient (Wildman–Crippen LogP) is 3.79. The first-order valence-corrected chi connectivity index (χ1v) is 9.71. The maximum absolute atomic E-state index is 13.6. The summed E-state index contributed by atoms with van der Waals surface area (Å²) < 4.78 is 20.3. The van der Waals surface area contributed by atoms with Crippen molar-refractivity contribution < 1.29 is 18.7 Å². The first-order valence-electron chi connectivity index (χ1n) is 9.71. The number of hydrogen-bond acceptors (Lipinski definition) is 3. The monoisotopic (exact) mass is 407 g/mol. The van der Waals surface area contributed by atoms with Crippen LogP contribution in [0.4, 0.5) is 9.18 Å². The maximum Gasteiger partial charge on any atom is 0.318 e. The number of fused-ring (bicyclic) bond motifs is 3. The zero-order chi connectivity index (χ0) is 21.1. The van der Waals surface area contributed by atoms with Crippen molar-refractivity contribution >= 4 is 12.0 Å². The molecule has 3 aromatic rings. The van der Waals surface area contributed by atoms with Crippen LogP contribution in [-0.4, -0.2) is 35.1 Å². The highest BCUT2D eigenvalue weighted by molar-refractivity contribution is 5.77. The molecule has 1 N–H and O–H groups in total. The van der Waals surface area contributed by atoms with Crippen LogP contribution >= 0.6 is 0 Å². The number of hydrogen-bond donors (Lipinski definition) is 1. The van der Waals surface area contributed by atoms with Gasteiger partial charge in [0, 0.05) is 18.4 Å². The molecule has 2 heterocycles. The van der Waals surface area contributed by atoms with E-state index in [1.54, 1.807) is 17.0 Å². The molecule has 0 spiro atoms. The molecule has 2 amide bonds. The van der Waals surface area contributed by atoms with Gasteiger partial charge in [0.1, 0.15) is 5.82 Å². The van der Waals surface area contributed by atoms with Crippen molar-refractivity contribution in [3.63, 3.8) is 0 Å². The molecule has 1 aliphatic heterocycles. The van der Waals surface area contributed by atoms with Crippen LogP contribution in [0.1, 0.15) is 29.3 Å². The molecule has 7 heteroatoms. The van der Waals surface area contributed by atoms with Crippen LogP contribution in [-0.2, 0) is 16.1 Å². The van der Waals surface area contributed by atoms with Crippen molar-refractivity contribution in [2.24, 2.45) is 0 Å². The average Bonchev–Trinajstić information content (AvgIpc) is 3.18. The summed E-state index contributed by atoms with van der Waals surface area (Å²) in [4.78, 5) is 26.3. The number of carbonyl (C=O) groups is 2. The van der Waals surface area contributed by atoms with Crippen molar-refractivity contribution in [1.82, 2.24) is 14.8 Å². The Morgan fingerprint density at radius 1 is 1.10 bits per heavy atom. The number of nitrogens with one attached hydrogen (secondary N) is 1. The van der Waals surface area contributed by atoms with E-state index in [2.05, 4.69) is 14.6 Å². The Labute approximate surface area is 173 Å². The van der Waals surface area contributed by atoms with E-state index < -0.39 is 6.04 Å². The fourth-order valence-corrected chi connectivity index (χ4v) is 3.81. The third-order valence-corrected chi connectivity index (χ3v) is 5.24. The minimum Gasteiger partial charge on any atom is -0.469 e. The Bertz CT molecular complexity index is 1060. The zero-order valence-corrected chi connectivity index (χ0v) is 16.5. The normalized spacial score (nSPS) is 15.0. The van der Waals surface area contributed by atoms with Crippen molar-refractivity contribution in [3.8, 4) is 5.69 Å². The van der Waals surface area contributed by atoms with Gasteiger partial charge in [0.15, 0.2) is 0 Å². The van der Waals surface area contributed by atoms with Crippen LogP contribution in [0.3, 0.4) is 0 Å². The van der Waals surface area contributed by atoms with Crippen LogP contribution in [0.2, 0.25) is 0 Å². The summed E-state index contributed by atoms with van der Waals surface area (Å²) in [5.41, 5.74) is 3.68. The lowest BCUT2D eigenvalue weighted by Gasteiger charge is -2.31. The minimum absolute atomic E-state index is 0.0876. The summed E-state index contributed by atoms with van der Waals surface area (Å²) in [5.74, 6) is -0.722. The Morgan fingerprint density at radius 3 is 2.63 bits per heavy atom. The van der Waals surface area contributed by atoms with Crippen LogP contribution in [0, 0.1) is 5.82 Å². The zero-order valence-electron chi connectivity index (χ0n) is 16.5. The summed E-state index contributed by atoms with van der Waals surface area (Å²) in [6, 6.07) is 17.2. The molecule has 2 aromatic carbocycles. The summed E-state index contributed by atoms with van der Waals surface area (Å²) in [7, 11) is 1.31. The van der Waals surface area contributed by atoms with Crippen LogP contribution in [0.25, 0.3) is 5.69 Å². The number of aromatic nitrogens is 1. The van der Waals surface area contributed by atoms with Gasteiger partial charge in [-0.25, -0.2) is 9.18 Å². The van der Waals surface area contributed by atoms with Gasteiger partial charge in [0.25, 0.3) is 0 Å². The van der Waals surface area contributed by atoms with Crippen molar-refractivity contribution in [1.29, 1.82) is 0 Å². The van der Waals surface area contributed by atoms with E-state index in [9.17, 15) is 14.0 Å². The fourth-order valence-electron chi connectivity index (χ4n) is 3.81. The van der Waals surface area contributed by atoms with E-state index in [1.165, 1.54) is 19.2 Å². The van der Waals surface area contributed by atoms with E-state index in [0.29, 0.717) is 6.54 Å². The van der Waals surface area contributed by atoms with E-state index in [1.807, 2.05) is 42.6 Å². The lowest BCUT2D eigenvalue weighted by Crippen LogP contribution is -2.42. The van der Waals surface area contributed by atoms with Crippen molar-refractivity contribution in [2.45, 2.75) is 19.0 Å². The number of benzene rings is 2. The highest BCUT2D eigenvalue weighted by Crippen LogP contribution is 2.36. The van der Waals surface area contributed by atoms with E-state index in [4.69, 9.17) is 0 Å². The predicted molar refractivity (Wildman–Crippen MR) is 110 cm³/mol. The quantitative estimate of drug-likeness (QED) is 0.670. The number of rotatable bonds is 4. The van der Waals surface area contributed by atoms with Gasteiger partial charge >= 0.3 is 12.0 Å². The summed E-state index contributed by atoms with van der Waals surface area (Å²) in [5, 5.41) is 2.81. The Morgan fingerprint density at radius 2 is 1.87 bits per heavy atom. The SMILES string of the molecule is COC(=O)CCNC(=O)N1Cc2ccccc2-n2cccc2[C@@H]1c1ccc(F)cc1. The molecule has 30 heavy (non-hydrogen) atoms. The van der Waals surface area contributed by atoms with Gasteiger partial charge in [0.05, 0.1) is 31.8 Å². The van der Waals surface area contributed by atoms with Crippen LogP contribution in [0.15, 0.2) is 66.9 Å². The minimum atomic E-state index is -0.425. The van der Waals surface area contributed by atoms with Gasteiger partial charge in [-0.15, -0.1) is 0 Å². The first-order chi connectivity index (χ1) is 14.6. The van der Waals surface area contributed by atoms with Gasteiger partial charge < -0.3 is 19.5 Å². The van der Waals surface area contributed by atoms with Crippen molar-refractivity contribution in [3.05, 3.63) is 89.5 Å². The molecular formula is C23H22FN3O3. The third-order valence-electron chi connectivity index (χ3n) is 5.24. The Hall–Kier alpha value is -3.61. The van der Waals surface area contributed by atoms with E-state index in [0.717, 1.165) is 22.5 Å². The number of urea groups is 1. The number of ether oxygens (including phenoxy) is 1. The Kier molecular flexibility index (Phi) is 5.52. The molecule has 1 aromatic heterocycles. The number of amides is 2. The number of esters is 1. The van der Waals surface area contributed by atoms with Gasteiger partial charge in [0.2, 0.25) is 0 Å². The van der Waals surface area contributed by atoms with Gasteiger partial charge in [-0.05, 0) is 41.5 Å². The van der Waals surface area contributed by atoms with Gasteiger partial charge in [-0.1, -0.05) is 30.3 Å². The number of nitrogens with zero attached hydrogens (tertiary/aromatic N) is 2. The lowest BCUT2D eigenvalue weighted by molar-refractivity contribution is -0.140. The molecule has 0 saturated heterocycles. The van der Waals surface area contributed by atoms with Crippen molar-refractivity contribution in [2.75, 3.05) is 13.7 Å². The second-order valence-corrected chi connectivity index (χ2v) is 7.07. The molecule has 0 radical (unpaired) electrons. The second-order valence-electron chi connectivity index (χ2n) is 7.07. The number of carbonyl (C=O) groups excluding carboxylic acids is 2. The molecule has 154 valence electrons. The molecule has 0 saturated carbocycles. The van der Waals surface area contributed by atoms with Crippen LogP contribution < -0.4 is 5.32 Å². The molecular weight excluding hydrogens is 385 g/mol. The number of halogens is 1. The van der Waals surface area contributed by atoms with Gasteiger partial charge in [-0.3, -0.25) is 4.79 Å². The third kappa shape index (κ3) is 3.78. The fraction of sp³-hybridized carbons (Fsp3) is 0.217. The molecule has 1 atom stereocenters. The molecule has 6 nitrogen and oxygen atoms in total. The standard InChI is InChI=1S/C23H22FN3O3/c1-30-21(28)12-13-25-23(29)27-15-17-5-2-3-6-19(17)26-14-4-7-20(26)22(27)16-8-10-18(24)11-9-16/h2-11,14,22H,12-13,15H2,1H3,(H,25,29)/t22-/m0/s1. The van der Waals surface area contributed by atoms with E-state index >= 15 is 0 Å². The second kappa shape index (κ2) is 8.41. The molecule has 0 unspecified atom stereocenters. The first kappa shape index (κ1) is 19.7. The van der Waals surface area contributed by atoms with Gasteiger partial charge in [-0.2, -0.15) is 0 Å². The summed E-state index contributed by atoms with van der Waals surface area (Å²) in [6.45, 7) is 0.532. The molecule has 0 fully saturated rings. The highest BCUT2D eigenvalue weighted by Gasteiger charge is 2.32. The number of para-hydroxylation sites is 1. The summed E-state index contributed by atoms with van der Waals surface area (Å²) >= 11 is 0. The maximum atomic E-state index is 13.6. The van der Waals surface area contributed by atoms with Crippen LogP contribution in [0.5, 0.6) is 0 Å². The lowest BCUT2D eigenvalue weighted by atomic mass is 10.0. The topological polar surface area (TPSA) is 63.6 Å². The smallest absolute Gasteiger partial charge is 0.318 e. The molecule has 4 rings (SSSR count). The molecule has 0 bridgehead atoms. The molecule has 1 aliphatic rings. The number of methoxy groups -OCH3 is 1. The summed E-state index contributed by atoms with van der Waals surface area (Å²) in [6.07, 6.45) is 2.05. The largest absolute Gasteiger partial charge is 0.469 e. The van der Waals surface area contributed by atoms with E-state index in [-0.39, 0.29) is 30.8 Å².